The molecule has 0 saturated carbocycles. The summed E-state index contributed by atoms with van der Waals surface area (Å²) in [5.41, 5.74) is 3.17. The second kappa shape index (κ2) is 7.41. The molecule has 1 aromatic heterocycles. The van der Waals surface area contributed by atoms with Crippen molar-refractivity contribution in [3.8, 4) is 0 Å². The predicted octanol–water partition coefficient (Wildman–Crippen LogP) is 3.39. The molecule has 5 nitrogen and oxygen atoms in total. The predicted molar refractivity (Wildman–Crippen MR) is 107 cm³/mol. The summed E-state index contributed by atoms with van der Waals surface area (Å²) in [5, 5.41) is 0.647. The number of aromatic amines is 1. The summed E-state index contributed by atoms with van der Waals surface area (Å²) >= 11 is 1.50. The van der Waals surface area contributed by atoms with Gasteiger partial charge in [-0.3, -0.25) is 4.79 Å². The first kappa shape index (κ1) is 17.0. The van der Waals surface area contributed by atoms with E-state index in [4.69, 9.17) is 0 Å². The van der Waals surface area contributed by atoms with Crippen molar-refractivity contribution in [1.29, 1.82) is 0 Å². The van der Waals surface area contributed by atoms with Crippen LogP contribution in [-0.4, -0.2) is 52.2 Å². The van der Waals surface area contributed by atoms with Crippen molar-refractivity contribution < 1.29 is 4.79 Å². The average molecular weight is 366 g/mol. The Morgan fingerprint density at radius 1 is 1.04 bits per heavy atom. The Labute approximate surface area is 157 Å². The van der Waals surface area contributed by atoms with Gasteiger partial charge in [-0.15, -0.1) is 0 Å². The maximum Gasteiger partial charge on any atom is 0.236 e. The van der Waals surface area contributed by atoms with Crippen LogP contribution in [0.15, 0.2) is 59.8 Å². The van der Waals surface area contributed by atoms with Gasteiger partial charge in [0.05, 0.1) is 16.3 Å². The summed E-state index contributed by atoms with van der Waals surface area (Å²) in [6, 6.07) is 18.3. The van der Waals surface area contributed by atoms with Crippen molar-refractivity contribution in [3.05, 3.63) is 54.6 Å². The third kappa shape index (κ3) is 3.55. The van der Waals surface area contributed by atoms with Gasteiger partial charge in [0.2, 0.25) is 5.91 Å². The standard InChI is InChI=1S/C20H22N4OS/c1-15(26-20-21-17-9-5-6-10-18(17)22-20)19(25)24-13-11-23(12-14-24)16-7-3-2-4-8-16/h2-10,15H,11-14H2,1H3,(H,21,22). The summed E-state index contributed by atoms with van der Waals surface area (Å²) in [7, 11) is 0. The molecule has 0 aliphatic carbocycles. The molecule has 2 aromatic carbocycles. The molecule has 4 rings (SSSR count). The van der Waals surface area contributed by atoms with Gasteiger partial charge in [-0.25, -0.2) is 4.98 Å². The number of imidazole rings is 1. The maximum absolute atomic E-state index is 12.8. The van der Waals surface area contributed by atoms with E-state index in [9.17, 15) is 4.79 Å². The number of thioether (sulfide) groups is 1. The Morgan fingerprint density at radius 3 is 2.46 bits per heavy atom. The first-order valence-corrected chi connectivity index (χ1v) is 9.79. The maximum atomic E-state index is 12.8. The monoisotopic (exact) mass is 366 g/mol. The molecular formula is C20H22N4OS. The summed E-state index contributed by atoms with van der Waals surface area (Å²) in [5.74, 6) is 0.183. The number of carbonyl (C=O) groups excluding carboxylic acids is 1. The van der Waals surface area contributed by atoms with E-state index in [-0.39, 0.29) is 11.2 Å². The summed E-state index contributed by atoms with van der Waals surface area (Å²) in [6.07, 6.45) is 0. The number of anilines is 1. The van der Waals surface area contributed by atoms with Crippen molar-refractivity contribution >= 4 is 34.4 Å². The number of benzene rings is 2. The zero-order valence-electron chi connectivity index (χ0n) is 14.8. The molecule has 0 radical (unpaired) electrons. The second-order valence-corrected chi connectivity index (χ2v) is 7.80. The molecule has 3 aromatic rings. The topological polar surface area (TPSA) is 52.2 Å². The van der Waals surface area contributed by atoms with E-state index in [0.717, 1.165) is 42.4 Å². The van der Waals surface area contributed by atoms with Gasteiger partial charge in [-0.05, 0) is 31.2 Å². The van der Waals surface area contributed by atoms with Gasteiger partial charge in [0.1, 0.15) is 0 Å². The number of fused-ring (bicyclic) bond motifs is 1. The molecule has 2 heterocycles. The molecule has 6 heteroatoms. The second-order valence-electron chi connectivity index (χ2n) is 6.47. The van der Waals surface area contributed by atoms with Gasteiger partial charge >= 0.3 is 0 Å². The van der Waals surface area contributed by atoms with Crippen molar-refractivity contribution in [2.45, 2.75) is 17.3 Å². The first-order valence-electron chi connectivity index (χ1n) is 8.91. The Hall–Kier alpha value is -2.47. The lowest BCUT2D eigenvalue weighted by atomic mass is 10.2. The van der Waals surface area contributed by atoms with Crippen LogP contribution >= 0.6 is 11.8 Å². The fraction of sp³-hybridized carbons (Fsp3) is 0.300. The third-order valence-corrected chi connectivity index (χ3v) is 5.69. The highest BCUT2D eigenvalue weighted by molar-refractivity contribution is 8.00. The van der Waals surface area contributed by atoms with E-state index in [1.165, 1.54) is 17.4 Å². The molecule has 1 atom stereocenters. The first-order chi connectivity index (χ1) is 12.7. The van der Waals surface area contributed by atoms with Crippen LogP contribution in [0.1, 0.15) is 6.92 Å². The average Bonchev–Trinajstić information content (AvgIpc) is 3.10. The van der Waals surface area contributed by atoms with Crippen LogP contribution in [0.5, 0.6) is 0 Å². The van der Waals surface area contributed by atoms with Crippen LogP contribution in [0.3, 0.4) is 0 Å². The molecular weight excluding hydrogens is 344 g/mol. The number of amides is 1. The molecule has 0 bridgehead atoms. The van der Waals surface area contributed by atoms with Crippen molar-refractivity contribution in [2.75, 3.05) is 31.1 Å². The van der Waals surface area contributed by atoms with Gasteiger partial charge in [0.15, 0.2) is 5.16 Å². The van der Waals surface area contributed by atoms with Crippen molar-refractivity contribution in [3.63, 3.8) is 0 Å². The van der Waals surface area contributed by atoms with E-state index in [2.05, 4.69) is 39.1 Å². The van der Waals surface area contributed by atoms with Gasteiger partial charge < -0.3 is 14.8 Å². The highest BCUT2D eigenvalue weighted by atomic mass is 32.2. The van der Waals surface area contributed by atoms with Crippen molar-refractivity contribution in [2.24, 2.45) is 0 Å². The number of hydrogen-bond acceptors (Lipinski definition) is 4. The quantitative estimate of drug-likeness (QED) is 0.719. The summed E-state index contributed by atoms with van der Waals surface area (Å²) < 4.78 is 0. The van der Waals surface area contributed by atoms with Gasteiger partial charge in [-0.2, -0.15) is 0 Å². The summed E-state index contributed by atoms with van der Waals surface area (Å²) in [6.45, 7) is 5.23. The molecule has 1 N–H and O–H groups in total. The Bertz CT molecular complexity index is 854. The largest absolute Gasteiger partial charge is 0.368 e. The Morgan fingerprint density at radius 2 is 1.73 bits per heavy atom. The highest BCUT2D eigenvalue weighted by Crippen LogP contribution is 2.25. The molecule has 1 fully saturated rings. The smallest absolute Gasteiger partial charge is 0.236 e. The lowest BCUT2D eigenvalue weighted by molar-refractivity contribution is -0.130. The number of nitrogens with one attached hydrogen (secondary N) is 1. The molecule has 1 aliphatic heterocycles. The Kier molecular flexibility index (Phi) is 4.84. The molecule has 1 aliphatic rings. The van der Waals surface area contributed by atoms with Crippen LogP contribution in [0.2, 0.25) is 0 Å². The van der Waals surface area contributed by atoms with Gasteiger partial charge in [-0.1, -0.05) is 42.1 Å². The van der Waals surface area contributed by atoms with Crippen molar-refractivity contribution in [1.82, 2.24) is 14.9 Å². The van der Waals surface area contributed by atoms with E-state index >= 15 is 0 Å². The number of H-pyrrole nitrogens is 1. The zero-order valence-corrected chi connectivity index (χ0v) is 15.6. The number of para-hydroxylation sites is 3. The van der Waals surface area contributed by atoms with Crippen LogP contribution < -0.4 is 4.90 Å². The molecule has 1 unspecified atom stereocenters. The molecule has 26 heavy (non-hydrogen) atoms. The zero-order chi connectivity index (χ0) is 17.9. The SMILES string of the molecule is CC(Sc1nc2ccccc2[nH]1)C(=O)N1CCN(c2ccccc2)CC1. The van der Waals surface area contributed by atoms with E-state index in [1.54, 1.807) is 0 Å². The van der Waals surface area contributed by atoms with Gasteiger partial charge in [0.25, 0.3) is 0 Å². The highest BCUT2D eigenvalue weighted by Gasteiger charge is 2.26. The lowest BCUT2D eigenvalue weighted by Crippen LogP contribution is -2.50. The minimum absolute atomic E-state index is 0.154. The molecule has 1 saturated heterocycles. The number of hydrogen-bond donors (Lipinski definition) is 1. The molecule has 0 spiro atoms. The Balaban J connectivity index is 1.35. The van der Waals surface area contributed by atoms with Crippen LogP contribution in [0.4, 0.5) is 5.69 Å². The fourth-order valence-electron chi connectivity index (χ4n) is 3.28. The van der Waals surface area contributed by atoms with Crippen LogP contribution in [0, 0.1) is 0 Å². The minimum atomic E-state index is -0.154. The van der Waals surface area contributed by atoms with Crippen LogP contribution in [0.25, 0.3) is 11.0 Å². The minimum Gasteiger partial charge on any atom is -0.368 e. The number of carbonyl (C=O) groups is 1. The van der Waals surface area contributed by atoms with Crippen LogP contribution in [-0.2, 0) is 4.79 Å². The molecule has 1 amide bonds. The lowest BCUT2D eigenvalue weighted by Gasteiger charge is -2.37. The van der Waals surface area contributed by atoms with E-state index in [1.807, 2.05) is 42.2 Å². The number of nitrogens with zero attached hydrogens (tertiary/aromatic N) is 3. The number of aromatic nitrogens is 2. The van der Waals surface area contributed by atoms with Gasteiger partial charge in [0, 0.05) is 31.9 Å². The van der Waals surface area contributed by atoms with E-state index in [0.29, 0.717) is 0 Å². The summed E-state index contributed by atoms with van der Waals surface area (Å²) in [4.78, 5) is 25.0. The number of rotatable bonds is 4. The number of piperazine rings is 1. The fourth-order valence-corrected chi connectivity index (χ4v) is 4.19. The molecule has 134 valence electrons. The normalized spacial score (nSPS) is 16.0. The third-order valence-electron chi connectivity index (χ3n) is 4.72. The van der Waals surface area contributed by atoms with E-state index < -0.39 is 0 Å².